The first-order valence-corrected chi connectivity index (χ1v) is 7.56. The zero-order chi connectivity index (χ0) is 17.7. The number of carbonyl (C=O) groups excluding carboxylic acids is 1. The van der Waals surface area contributed by atoms with E-state index in [4.69, 9.17) is 4.74 Å². The summed E-state index contributed by atoms with van der Waals surface area (Å²) in [5.74, 6) is 4.18. The van der Waals surface area contributed by atoms with E-state index in [-0.39, 0.29) is 23.6 Å². The number of allylic oxidation sites excluding steroid dienone is 1. The maximum absolute atomic E-state index is 14.4. The highest BCUT2D eigenvalue weighted by Gasteiger charge is 2.31. The highest BCUT2D eigenvalue weighted by molar-refractivity contribution is 5.90. The molecule has 0 aliphatic carbocycles. The molecule has 0 spiro atoms. The van der Waals surface area contributed by atoms with Crippen LogP contribution in [0.25, 0.3) is 5.70 Å². The third-order valence-corrected chi connectivity index (χ3v) is 3.67. The minimum atomic E-state index is -2.69. The summed E-state index contributed by atoms with van der Waals surface area (Å²) >= 11 is 0. The highest BCUT2D eigenvalue weighted by Crippen LogP contribution is 2.32. The van der Waals surface area contributed by atoms with Gasteiger partial charge in [-0.15, -0.1) is 5.92 Å². The van der Waals surface area contributed by atoms with Crippen LogP contribution in [0.3, 0.4) is 0 Å². The normalized spacial score (nSPS) is 17.4. The molecule has 0 bridgehead atoms. The van der Waals surface area contributed by atoms with Crippen molar-refractivity contribution in [3.63, 3.8) is 0 Å². The van der Waals surface area contributed by atoms with Crippen molar-refractivity contribution in [3.8, 4) is 17.6 Å². The van der Waals surface area contributed by atoms with Crippen LogP contribution in [0, 0.1) is 23.6 Å². The van der Waals surface area contributed by atoms with E-state index in [2.05, 4.69) is 11.8 Å². The predicted octanol–water partition coefficient (Wildman–Crippen LogP) is 3.70. The molecular formula is C18H18F3NO2. The molecule has 0 N–H and O–H groups in total. The Balaban J connectivity index is 2.30. The van der Waals surface area contributed by atoms with Crippen LogP contribution >= 0.6 is 0 Å². The number of halogens is 3. The first-order chi connectivity index (χ1) is 11.4. The number of amides is 1. The van der Waals surface area contributed by atoms with Gasteiger partial charge in [-0.2, -0.15) is 0 Å². The number of alkyl halides is 2. The molecule has 0 aromatic heterocycles. The van der Waals surface area contributed by atoms with Gasteiger partial charge in [0.1, 0.15) is 18.2 Å². The lowest BCUT2D eigenvalue weighted by Gasteiger charge is -2.32. The summed E-state index contributed by atoms with van der Waals surface area (Å²) in [6.45, 7) is 2.71. The van der Waals surface area contributed by atoms with Crippen LogP contribution in [0.1, 0.15) is 25.8 Å². The molecule has 6 heteroatoms. The van der Waals surface area contributed by atoms with E-state index in [0.29, 0.717) is 6.42 Å². The van der Waals surface area contributed by atoms with E-state index < -0.39 is 30.6 Å². The Hall–Kier alpha value is -2.42. The minimum absolute atomic E-state index is 0.102. The first-order valence-electron chi connectivity index (χ1n) is 7.56. The molecule has 1 aliphatic heterocycles. The second-order valence-corrected chi connectivity index (χ2v) is 5.42. The van der Waals surface area contributed by atoms with Gasteiger partial charge in [-0.25, -0.2) is 13.2 Å². The van der Waals surface area contributed by atoms with Gasteiger partial charge in [0.05, 0.1) is 12.2 Å². The van der Waals surface area contributed by atoms with Crippen molar-refractivity contribution in [3.05, 3.63) is 35.7 Å². The van der Waals surface area contributed by atoms with Crippen molar-refractivity contribution in [1.29, 1.82) is 0 Å². The third-order valence-electron chi connectivity index (χ3n) is 3.67. The lowest BCUT2D eigenvalue weighted by molar-refractivity contribution is -0.133. The number of hydrogen-bond donors (Lipinski definition) is 0. The molecule has 1 aliphatic rings. The van der Waals surface area contributed by atoms with Gasteiger partial charge < -0.3 is 9.64 Å². The molecule has 1 aromatic carbocycles. The second-order valence-electron chi connectivity index (χ2n) is 5.42. The smallest absolute Gasteiger partial charge is 0.256 e. The van der Waals surface area contributed by atoms with Crippen LogP contribution in [-0.4, -0.2) is 30.4 Å². The fourth-order valence-corrected chi connectivity index (χ4v) is 2.45. The Bertz CT molecular complexity index is 704. The number of ether oxygens (including phenoxy) is 1. The average molecular weight is 337 g/mol. The highest BCUT2D eigenvalue weighted by atomic mass is 19.3. The zero-order valence-corrected chi connectivity index (χ0v) is 13.5. The van der Waals surface area contributed by atoms with Crippen molar-refractivity contribution in [2.75, 3.05) is 13.2 Å². The summed E-state index contributed by atoms with van der Waals surface area (Å²) in [6, 6.07) is 4.12. The number of rotatable bonds is 5. The van der Waals surface area contributed by atoms with E-state index in [1.807, 2.05) is 0 Å². The number of hydrogen-bond acceptors (Lipinski definition) is 2. The molecule has 0 saturated heterocycles. The predicted molar refractivity (Wildman–Crippen MR) is 84.8 cm³/mol. The minimum Gasteiger partial charge on any atom is -0.481 e. The van der Waals surface area contributed by atoms with Gasteiger partial charge in [-0.1, -0.05) is 18.9 Å². The van der Waals surface area contributed by atoms with Gasteiger partial charge in [0.25, 0.3) is 6.43 Å². The molecule has 2 rings (SSSR count). The van der Waals surface area contributed by atoms with Gasteiger partial charge in [0, 0.05) is 17.5 Å². The van der Waals surface area contributed by atoms with E-state index >= 15 is 0 Å². The molecule has 0 radical (unpaired) electrons. The van der Waals surface area contributed by atoms with Crippen LogP contribution in [0.2, 0.25) is 0 Å². The molecule has 1 heterocycles. The van der Waals surface area contributed by atoms with Crippen molar-refractivity contribution in [2.24, 2.45) is 5.92 Å². The fourth-order valence-electron chi connectivity index (χ4n) is 2.45. The van der Waals surface area contributed by atoms with Crippen LogP contribution in [0.15, 0.2) is 24.3 Å². The summed E-state index contributed by atoms with van der Waals surface area (Å²) in [5, 5.41) is 0. The summed E-state index contributed by atoms with van der Waals surface area (Å²) in [6.07, 6.45) is -0.686. The molecule has 24 heavy (non-hydrogen) atoms. The summed E-state index contributed by atoms with van der Waals surface area (Å²) < 4.78 is 45.3. The molecule has 1 atom stereocenters. The van der Waals surface area contributed by atoms with E-state index in [9.17, 15) is 18.0 Å². The van der Waals surface area contributed by atoms with Crippen molar-refractivity contribution < 1.29 is 22.7 Å². The van der Waals surface area contributed by atoms with Gasteiger partial charge in [0.15, 0.2) is 0 Å². The summed E-state index contributed by atoms with van der Waals surface area (Å²) in [5.41, 5.74) is 0.278. The van der Waals surface area contributed by atoms with Gasteiger partial charge in [-0.3, -0.25) is 4.79 Å². The van der Waals surface area contributed by atoms with Gasteiger partial charge in [-0.05, 0) is 25.5 Å². The lowest BCUT2D eigenvalue weighted by atomic mass is 9.97. The molecule has 0 fully saturated rings. The summed E-state index contributed by atoms with van der Waals surface area (Å²) in [7, 11) is 0. The van der Waals surface area contributed by atoms with Crippen molar-refractivity contribution in [1.82, 2.24) is 4.90 Å². The molecule has 0 saturated carbocycles. The van der Waals surface area contributed by atoms with E-state index in [1.165, 1.54) is 12.1 Å². The number of nitrogens with zero attached hydrogens (tertiary/aromatic N) is 1. The Morgan fingerprint density at radius 3 is 2.79 bits per heavy atom. The quantitative estimate of drug-likeness (QED) is 0.767. The van der Waals surface area contributed by atoms with Crippen LogP contribution in [0.4, 0.5) is 13.2 Å². The third kappa shape index (κ3) is 4.10. The zero-order valence-electron chi connectivity index (χ0n) is 13.5. The lowest BCUT2D eigenvalue weighted by Crippen LogP contribution is -2.39. The molecule has 1 unspecified atom stereocenters. The second kappa shape index (κ2) is 7.91. The Labute approximate surface area is 139 Å². The standard InChI is InChI=1S/C18H18F3NO2/c1-3-4-9-24-13-6-7-14(15(19)10-13)16-8-5-12(2)18(23)22(16)11-17(20)21/h6-8,10,12,17H,5,9,11H2,1-2H3. The van der Waals surface area contributed by atoms with Crippen LogP contribution < -0.4 is 4.74 Å². The van der Waals surface area contributed by atoms with Crippen molar-refractivity contribution >= 4 is 11.6 Å². The SMILES string of the molecule is CC#CCOc1ccc(C2=CCC(C)C(=O)N2CC(F)F)c(F)c1. The first kappa shape index (κ1) is 17.9. The van der Waals surface area contributed by atoms with E-state index in [1.54, 1.807) is 19.9 Å². The Kier molecular flexibility index (Phi) is 5.91. The molecule has 1 aromatic rings. The number of benzene rings is 1. The van der Waals surface area contributed by atoms with E-state index in [0.717, 1.165) is 11.0 Å². The maximum Gasteiger partial charge on any atom is 0.256 e. The molecule has 128 valence electrons. The fraction of sp³-hybridized carbons (Fsp3) is 0.389. The maximum atomic E-state index is 14.4. The molecular weight excluding hydrogens is 319 g/mol. The van der Waals surface area contributed by atoms with Gasteiger partial charge in [0.2, 0.25) is 5.91 Å². The average Bonchev–Trinajstić information content (AvgIpc) is 2.53. The largest absolute Gasteiger partial charge is 0.481 e. The number of carbonyl (C=O) groups is 1. The summed E-state index contributed by atoms with van der Waals surface area (Å²) in [4.78, 5) is 13.1. The topological polar surface area (TPSA) is 29.5 Å². The monoisotopic (exact) mass is 337 g/mol. The Morgan fingerprint density at radius 2 is 2.17 bits per heavy atom. The van der Waals surface area contributed by atoms with Crippen LogP contribution in [0.5, 0.6) is 5.75 Å². The van der Waals surface area contributed by atoms with Crippen LogP contribution in [-0.2, 0) is 4.79 Å². The van der Waals surface area contributed by atoms with Crippen molar-refractivity contribution in [2.45, 2.75) is 26.7 Å². The Morgan fingerprint density at radius 1 is 1.42 bits per heavy atom. The molecule has 3 nitrogen and oxygen atoms in total. The molecule has 1 amide bonds. The van der Waals surface area contributed by atoms with Gasteiger partial charge >= 0.3 is 0 Å².